The zero-order chi connectivity index (χ0) is 17.1. The molecule has 24 heavy (non-hydrogen) atoms. The minimum absolute atomic E-state index is 0.103. The number of aromatic nitrogens is 2. The molecule has 2 heterocycles. The normalized spacial score (nSPS) is 10.4. The second kappa shape index (κ2) is 6.54. The SMILES string of the molecule is CC(=O)c1ccc2[nH]ccc2c1.CC(=O)c1ccc2cc[nH]c2c1. The fraction of sp³-hybridized carbons (Fsp3) is 0.100. The molecule has 0 bridgehead atoms. The summed E-state index contributed by atoms with van der Waals surface area (Å²) < 4.78 is 0. The van der Waals surface area contributed by atoms with E-state index < -0.39 is 0 Å². The number of aromatic amines is 2. The third-order valence-electron chi connectivity index (χ3n) is 3.92. The third-order valence-corrected chi connectivity index (χ3v) is 3.92. The Hall–Kier alpha value is -3.14. The highest BCUT2D eigenvalue weighted by Gasteiger charge is 2.01. The Balaban J connectivity index is 0.000000141. The van der Waals surface area contributed by atoms with E-state index in [-0.39, 0.29) is 11.6 Å². The van der Waals surface area contributed by atoms with Crippen molar-refractivity contribution >= 4 is 33.4 Å². The van der Waals surface area contributed by atoms with Gasteiger partial charge in [0.15, 0.2) is 11.6 Å². The highest BCUT2D eigenvalue weighted by atomic mass is 16.1. The monoisotopic (exact) mass is 318 g/mol. The van der Waals surface area contributed by atoms with Crippen LogP contribution in [0, 0.1) is 0 Å². The fourth-order valence-corrected chi connectivity index (χ4v) is 2.54. The molecule has 0 fully saturated rings. The van der Waals surface area contributed by atoms with Gasteiger partial charge in [-0.05, 0) is 55.6 Å². The lowest BCUT2D eigenvalue weighted by Crippen LogP contribution is -1.90. The number of rotatable bonds is 2. The second-order valence-corrected chi connectivity index (χ2v) is 5.67. The zero-order valence-electron chi connectivity index (χ0n) is 13.6. The van der Waals surface area contributed by atoms with E-state index in [0.29, 0.717) is 0 Å². The number of carbonyl (C=O) groups is 2. The highest BCUT2D eigenvalue weighted by Crippen LogP contribution is 2.15. The van der Waals surface area contributed by atoms with Gasteiger partial charge in [0.2, 0.25) is 0 Å². The number of H-pyrrole nitrogens is 2. The van der Waals surface area contributed by atoms with Crippen molar-refractivity contribution in [2.45, 2.75) is 13.8 Å². The van der Waals surface area contributed by atoms with E-state index in [1.165, 1.54) is 0 Å². The van der Waals surface area contributed by atoms with E-state index in [9.17, 15) is 9.59 Å². The van der Waals surface area contributed by atoms with E-state index >= 15 is 0 Å². The average Bonchev–Trinajstić information content (AvgIpc) is 3.22. The van der Waals surface area contributed by atoms with Gasteiger partial charge in [0.05, 0.1) is 0 Å². The minimum atomic E-state index is 0.103. The minimum Gasteiger partial charge on any atom is -0.361 e. The Morgan fingerprint density at radius 2 is 1.25 bits per heavy atom. The van der Waals surface area contributed by atoms with E-state index in [1.54, 1.807) is 13.8 Å². The van der Waals surface area contributed by atoms with Gasteiger partial charge in [-0.25, -0.2) is 0 Å². The molecular formula is C20H18N2O2. The number of hydrogen-bond donors (Lipinski definition) is 2. The van der Waals surface area contributed by atoms with Crippen molar-refractivity contribution in [1.29, 1.82) is 0 Å². The van der Waals surface area contributed by atoms with Crippen LogP contribution in [0.5, 0.6) is 0 Å². The fourth-order valence-electron chi connectivity index (χ4n) is 2.54. The van der Waals surface area contributed by atoms with Crippen LogP contribution in [0.4, 0.5) is 0 Å². The first kappa shape index (κ1) is 15.7. The molecular weight excluding hydrogens is 300 g/mol. The summed E-state index contributed by atoms with van der Waals surface area (Å²) in [6.07, 6.45) is 3.74. The maximum atomic E-state index is 11.0. The van der Waals surface area contributed by atoms with Crippen molar-refractivity contribution in [3.8, 4) is 0 Å². The van der Waals surface area contributed by atoms with Crippen LogP contribution in [0.2, 0.25) is 0 Å². The second-order valence-electron chi connectivity index (χ2n) is 5.67. The molecule has 0 radical (unpaired) electrons. The Morgan fingerprint density at radius 3 is 1.96 bits per heavy atom. The van der Waals surface area contributed by atoms with Crippen molar-refractivity contribution in [2.24, 2.45) is 0 Å². The van der Waals surface area contributed by atoms with E-state index in [4.69, 9.17) is 0 Å². The van der Waals surface area contributed by atoms with Crippen molar-refractivity contribution in [3.05, 3.63) is 72.1 Å². The lowest BCUT2D eigenvalue weighted by atomic mass is 10.1. The number of carbonyl (C=O) groups excluding carboxylic acids is 2. The van der Waals surface area contributed by atoms with Crippen LogP contribution in [0.1, 0.15) is 34.6 Å². The third kappa shape index (κ3) is 3.27. The van der Waals surface area contributed by atoms with E-state index in [2.05, 4.69) is 9.97 Å². The van der Waals surface area contributed by atoms with Crippen molar-refractivity contribution in [3.63, 3.8) is 0 Å². The first-order valence-electron chi connectivity index (χ1n) is 7.71. The predicted molar refractivity (Wildman–Crippen MR) is 96.6 cm³/mol. The van der Waals surface area contributed by atoms with Crippen molar-refractivity contribution < 1.29 is 9.59 Å². The standard InChI is InChI=1S/2C10H9NO/c1-7(12)8-2-3-10-9(6-8)4-5-11-10;1-7(12)9-3-2-8-4-5-11-10(8)6-9/h2*2-6,11H,1H3. The van der Waals surface area contributed by atoms with Gasteiger partial charge in [-0.2, -0.15) is 0 Å². The Bertz CT molecular complexity index is 940. The molecule has 0 atom stereocenters. The van der Waals surface area contributed by atoms with Gasteiger partial charge >= 0.3 is 0 Å². The van der Waals surface area contributed by atoms with E-state index in [0.717, 1.165) is 32.9 Å². The van der Waals surface area contributed by atoms with Gasteiger partial charge in [-0.3, -0.25) is 9.59 Å². The largest absolute Gasteiger partial charge is 0.361 e. The van der Waals surface area contributed by atoms with Crippen LogP contribution in [-0.4, -0.2) is 21.5 Å². The molecule has 0 spiro atoms. The van der Waals surface area contributed by atoms with Crippen molar-refractivity contribution in [1.82, 2.24) is 9.97 Å². The molecule has 0 saturated heterocycles. The molecule has 0 amide bonds. The summed E-state index contributed by atoms with van der Waals surface area (Å²) in [5.41, 5.74) is 3.61. The Kier molecular flexibility index (Phi) is 4.29. The van der Waals surface area contributed by atoms with Gasteiger partial charge in [-0.15, -0.1) is 0 Å². The maximum Gasteiger partial charge on any atom is 0.159 e. The molecule has 0 saturated carbocycles. The van der Waals surface area contributed by atoms with E-state index in [1.807, 2.05) is 60.9 Å². The van der Waals surface area contributed by atoms with Crippen LogP contribution < -0.4 is 0 Å². The smallest absolute Gasteiger partial charge is 0.159 e. The summed E-state index contributed by atoms with van der Waals surface area (Å²) in [7, 11) is 0. The highest BCUT2D eigenvalue weighted by molar-refractivity contribution is 5.98. The quantitative estimate of drug-likeness (QED) is 0.524. The zero-order valence-corrected chi connectivity index (χ0v) is 13.6. The molecule has 4 nitrogen and oxygen atoms in total. The predicted octanol–water partition coefficient (Wildman–Crippen LogP) is 4.74. The molecule has 0 unspecified atom stereocenters. The number of benzene rings is 2. The number of hydrogen-bond acceptors (Lipinski definition) is 2. The topological polar surface area (TPSA) is 65.7 Å². The Morgan fingerprint density at radius 1 is 0.667 bits per heavy atom. The summed E-state index contributed by atoms with van der Waals surface area (Å²) in [6, 6.07) is 15.3. The van der Waals surface area contributed by atoms with Crippen LogP contribution in [0.25, 0.3) is 21.8 Å². The Labute approximate surface area is 139 Å². The maximum absolute atomic E-state index is 11.0. The molecule has 4 aromatic rings. The van der Waals surface area contributed by atoms with Gasteiger partial charge in [-0.1, -0.05) is 12.1 Å². The molecule has 0 aliphatic rings. The lowest BCUT2D eigenvalue weighted by molar-refractivity contribution is 0.100. The van der Waals surface area contributed by atoms with Crippen LogP contribution in [-0.2, 0) is 0 Å². The average molecular weight is 318 g/mol. The molecule has 2 aromatic heterocycles. The van der Waals surface area contributed by atoms with Crippen LogP contribution in [0.3, 0.4) is 0 Å². The summed E-state index contributed by atoms with van der Waals surface area (Å²) in [5.74, 6) is 0.213. The number of nitrogens with one attached hydrogen (secondary N) is 2. The number of Topliss-reactive ketones (excluding diaryl/α,β-unsaturated/α-hetero) is 2. The van der Waals surface area contributed by atoms with Crippen LogP contribution >= 0.6 is 0 Å². The molecule has 0 aliphatic carbocycles. The van der Waals surface area contributed by atoms with Gasteiger partial charge in [0, 0.05) is 39.9 Å². The molecule has 2 N–H and O–H groups in total. The lowest BCUT2D eigenvalue weighted by Gasteiger charge is -1.94. The summed E-state index contributed by atoms with van der Waals surface area (Å²) >= 11 is 0. The summed E-state index contributed by atoms with van der Waals surface area (Å²) in [4.78, 5) is 28.1. The van der Waals surface area contributed by atoms with Crippen LogP contribution in [0.15, 0.2) is 60.9 Å². The van der Waals surface area contributed by atoms with Gasteiger partial charge < -0.3 is 9.97 Å². The summed E-state index contributed by atoms with van der Waals surface area (Å²) in [5, 5.41) is 2.22. The first-order chi connectivity index (χ1) is 11.5. The molecule has 2 aromatic carbocycles. The molecule has 4 heteroatoms. The number of fused-ring (bicyclic) bond motifs is 2. The van der Waals surface area contributed by atoms with Gasteiger partial charge in [0.25, 0.3) is 0 Å². The molecule has 4 rings (SSSR count). The molecule has 120 valence electrons. The molecule has 0 aliphatic heterocycles. The summed E-state index contributed by atoms with van der Waals surface area (Å²) in [6.45, 7) is 3.15. The van der Waals surface area contributed by atoms with Crippen molar-refractivity contribution in [2.75, 3.05) is 0 Å². The van der Waals surface area contributed by atoms with Gasteiger partial charge in [0.1, 0.15) is 0 Å². The number of ketones is 2. The first-order valence-corrected chi connectivity index (χ1v) is 7.71.